The molecule has 1 heterocycles. The van der Waals surface area contributed by atoms with E-state index >= 15 is 0 Å². The zero-order chi connectivity index (χ0) is 8.65. The van der Waals surface area contributed by atoms with Gasteiger partial charge in [-0.25, -0.2) is 15.4 Å². The average Bonchev–Trinajstić information content (AvgIpc) is 2.14. The van der Waals surface area contributed by atoms with Crippen LogP contribution < -0.4 is 15.1 Å². The predicted molar refractivity (Wildman–Crippen MR) is 44.5 cm³/mol. The number of rotatable bonds is 5. The minimum atomic E-state index is 0.369. The van der Waals surface area contributed by atoms with Crippen molar-refractivity contribution in [3.63, 3.8) is 0 Å². The topological polar surface area (TPSA) is 59.1 Å². The van der Waals surface area contributed by atoms with Crippen LogP contribution in [0.5, 0.6) is 6.01 Å². The first-order chi connectivity index (χ1) is 5.93. The summed E-state index contributed by atoms with van der Waals surface area (Å²) in [6.07, 6.45) is 3.24. The van der Waals surface area contributed by atoms with Crippen molar-refractivity contribution in [2.45, 2.75) is 0 Å². The monoisotopic (exact) mass is 188 g/mol. The number of ether oxygens (including phenoxy) is 1. The van der Waals surface area contributed by atoms with Crippen molar-refractivity contribution in [1.82, 2.24) is 20.3 Å². The van der Waals surface area contributed by atoms with Crippen molar-refractivity contribution >= 4 is 11.8 Å². The van der Waals surface area contributed by atoms with Crippen LogP contribution in [0.15, 0.2) is 18.5 Å². The van der Waals surface area contributed by atoms with Crippen LogP contribution in [-0.4, -0.2) is 23.1 Å². The first kappa shape index (κ1) is 9.18. The van der Waals surface area contributed by atoms with Gasteiger partial charge in [-0.05, 0) is 17.8 Å². The summed E-state index contributed by atoms with van der Waals surface area (Å²) in [6, 6.07) is 2.10. The molecule has 0 saturated carbocycles. The van der Waals surface area contributed by atoms with Gasteiger partial charge in [-0.1, -0.05) is 0 Å². The summed E-state index contributed by atoms with van der Waals surface area (Å²) in [4.78, 5) is 9.98. The Morgan fingerprint density at radius 1 is 1.42 bits per heavy atom. The Morgan fingerprint density at radius 3 is 2.83 bits per heavy atom. The highest BCUT2D eigenvalue weighted by atomic mass is 35.5. The Labute approximate surface area is 75.2 Å². The molecule has 0 spiro atoms. The third kappa shape index (κ3) is 3.47. The van der Waals surface area contributed by atoms with E-state index in [1.165, 1.54) is 0 Å². The molecule has 0 aliphatic rings. The predicted octanol–water partition coefficient (Wildman–Crippen LogP) is 0.103. The van der Waals surface area contributed by atoms with Crippen LogP contribution in [0.3, 0.4) is 0 Å². The molecule has 0 aromatic carbocycles. The summed E-state index contributed by atoms with van der Waals surface area (Å²) in [7, 11) is 0. The van der Waals surface area contributed by atoms with Crippen LogP contribution in [0, 0.1) is 0 Å². The molecule has 0 saturated heterocycles. The highest BCUT2D eigenvalue weighted by molar-refractivity contribution is 6.13. The average molecular weight is 189 g/mol. The number of halogens is 1. The molecule has 5 nitrogen and oxygen atoms in total. The van der Waals surface area contributed by atoms with Crippen LogP contribution in [0.1, 0.15) is 0 Å². The molecule has 1 rings (SSSR count). The van der Waals surface area contributed by atoms with Crippen molar-refractivity contribution in [2.24, 2.45) is 0 Å². The Bertz CT molecular complexity index is 208. The van der Waals surface area contributed by atoms with E-state index in [1.807, 2.05) is 0 Å². The number of nitrogens with zero attached hydrogens (tertiary/aromatic N) is 2. The van der Waals surface area contributed by atoms with Gasteiger partial charge in [-0.3, -0.25) is 0 Å². The normalized spacial score (nSPS) is 9.75. The molecule has 0 radical (unpaired) electrons. The summed E-state index contributed by atoms with van der Waals surface area (Å²) in [5.74, 6) is 0. The summed E-state index contributed by atoms with van der Waals surface area (Å²) < 4.78 is 5.12. The maximum Gasteiger partial charge on any atom is 0.316 e. The number of nitrogens with one attached hydrogen (secondary N) is 2. The van der Waals surface area contributed by atoms with Crippen LogP contribution in [-0.2, 0) is 0 Å². The van der Waals surface area contributed by atoms with Gasteiger partial charge in [0.1, 0.15) is 6.61 Å². The van der Waals surface area contributed by atoms with E-state index in [9.17, 15) is 0 Å². The van der Waals surface area contributed by atoms with Gasteiger partial charge in [-0.15, -0.1) is 0 Å². The van der Waals surface area contributed by atoms with Crippen LogP contribution in [0.4, 0.5) is 0 Å². The van der Waals surface area contributed by atoms with Gasteiger partial charge in [0.2, 0.25) is 0 Å². The highest BCUT2D eigenvalue weighted by Gasteiger charge is 1.92. The zero-order valence-corrected chi connectivity index (χ0v) is 7.08. The largest absolute Gasteiger partial charge is 0.462 e. The third-order valence-electron chi connectivity index (χ3n) is 1.07. The van der Waals surface area contributed by atoms with Crippen molar-refractivity contribution in [3.05, 3.63) is 18.5 Å². The van der Waals surface area contributed by atoms with E-state index < -0.39 is 0 Å². The lowest BCUT2D eigenvalue weighted by Gasteiger charge is -2.02. The summed E-state index contributed by atoms with van der Waals surface area (Å²) in [6.45, 7) is 1.05. The summed E-state index contributed by atoms with van der Waals surface area (Å²) >= 11 is 5.14. The minimum absolute atomic E-state index is 0.369. The molecule has 0 atom stereocenters. The molecule has 1 aromatic heterocycles. The Morgan fingerprint density at radius 2 is 2.17 bits per heavy atom. The zero-order valence-electron chi connectivity index (χ0n) is 6.33. The van der Waals surface area contributed by atoms with Crippen LogP contribution in [0.2, 0.25) is 0 Å². The summed E-state index contributed by atoms with van der Waals surface area (Å²) in [5, 5.41) is 0. The quantitative estimate of drug-likeness (QED) is 0.390. The van der Waals surface area contributed by atoms with Gasteiger partial charge < -0.3 is 4.74 Å². The number of aromatic nitrogens is 2. The van der Waals surface area contributed by atoms with Crippen molar-refractivity contribution in [1.29, 1.82) is 0 Å². The molecule has 2 N–H and O–H groups in total. The van der Waals surface area contributed by atoms with Crippen LogP contribution in [0.25, 0.3) is 0 Å². The Balaban J connectivity index is 2.16. The van der Waals surface area contributed by atoms with Crippen molar-refractivity contribution in [3.8, 4) is 6.01 Å². The highest BCUT2D eigenvalue weighted by Crippen LogP contribution is 1.95. The second-order valence-electron chi connectivity index (χ2n) is 1.90. The number of hydrogen-bond acceptors (Lipinski definition) is 5. The SMILES string of the molecule is ClNNCCOc1ncccn1. The molecule has 0 aliphatic heterocycles. The minimum Gasteiger partial charge on any atom is -0.462 e. The summed E-state index contributed by atoms with van der Waals surface area (Å²) in [5.41, 5.74) is 2.65. The molecule has 0 fully saturated rings. The number of hydrazine groups is 1. The standard InChI is InChI=1S/C6H9ClN4O/c7-11-10-4-5-12-6-8-2-1-3-9-6/h1-3,10-11H,4-5H2. The molecule has 0 unspecified atom stereocenters. The van der Waals surface area contributed by atoms with E-state index in [-0.39, 0.29) is 0 Å². The third-order valence-corrected chi connectivity index (χ3v) is 1.20. The Kier molecular flexibility index (Phi) is 4.36. The van der Waals surface area contributed by atoms with E-state index in [2.05, 4.69) is 20.3 Å². The molecular formula is C6H9ClN4O. The van der Waals surface area contributed by atoms with Gasteiger partial charge in [0.15, 0.2) is 0 Å². The van der Waals surface area contributed by atoms with Crippen molar-refractivity contribution < 1.29 is 4.74 Å². The molecule has 0 amide bonds. The second kappa shape index (κ2) is 5.70. The molecule has 6 heteroatoms. The molecule has 1 aromatic rings. The molecule has 12 heavy (non-hydrogen) atoms. The fraction of sp³-hybridized carbons (Fsp3) is 0.333. The van der Waals surface area contributed by atoms with E-state index in [1.54, 1.807) is 18.5 Å². The van der Waals surface area contributed by atoms with Gasteiger partial charge in [0.25, 0.3) is 0 Å². The molecule has 0 aliphatic carbocycles. The molecule has 0 bridgehead atoms. The smallest absolute Gasteiger partial charge is 0.316 e. The van der Waals surface area contributed by atoms with Crippen molar-refractivity contribution in [2.75, 3.05) is 13.2 Å². The first-order valence-corrected chi connectivity index (χ1v) is 3.79. The van der Waals surface area contributed by atoms with Crippen LogP contribution >= 0.6 is 11.8 Å². The molecular weight excluding hydrogens is 180 g/mol. The van der Waals surface area contributed by atoms with E-state index in [4.69, 9.17) is 16.5 Å². The lowest BCUT2D eigenvalue weighted by molar-refractivity contribution is 0.288. The van der Waals surface area contributed by atoms with E-state index in [0.717, 1.165) is 0 Å². The Hall–Kier alpha value is -0.910. The van der Waals surface area contributed by atoms with Gasteiger partial charge in [-0.2, -0.15) is 4.94 Å². The van der Waals surface area contributed by atoms with Gasteiger partial charge >= 0.3 is 6.01 Å². The fourth-order valence-electron chi connectivity index (χ4n) is 0.601. The van der Waals surface area contributed by atoms with Gasteiger partial charge in [0.05, 0.1) is 0 Å². The fourth-order valence-corrected chi connectivity index (χ4v) is 0.695. The first-order valence-electron chi connectivity index (χ1n) is 3.42. The van der Waals surface area contributed by atoms with Gasteiger partial charge in [0, 0.05) is 18.9 Å². The number of hydrogen-bond donors (Lipinski definition) is 2. The maximum absolute atomic E-state index is 5.14. The lowest BCUT2D eigenvalue weighted by Crippen LogP contribution is -2.28. The lowest BCUT2D eigenvalue weighted by atomic mass is 10.7. The maximum atomic E-state index is 5.14. The van der Waals surface area contributed by atoms with E-state index in [0.29, 0.717) is 19.2 Å². The second-order valence-corrected chi connectivity index (χ2v) is 2.09. The molecule has 66 valence electrons.